The van der Waals surface area contributed by atoms with Crippen LogP contribution >= 0.6 is 0 Å². The lowest BCUT2D eigenvalue weighted by molar-refractivity contribution is -0.379. The predicted molar refractivity (Wildman–Crippen MR) is 291 cm³/mol. The normalized spacial score (nSPS) is 30.9. The van der Waals surface area contributed by atoms with Crippen LogP contribution in [0.1, 0.15) is 194 Å². The van der Waals surface area contributed by atoms with Gasteiger partial charge in [-0.15, -0.1) is 0 Å². The van der Waals surface area contributed by atoms with Crippen LogP contribution in [0.5, 0.6) is 0 Å². The van der Waals surface area contributed by atoms with Crippen molar-refractivity contribution in [1.82, 2.24) is 5.32 Å². The van der Waals surface area contributed by atoms with Crippen molar-refractivity contribution in [1.29, 1.82) is 0 Å². The maximum atomic E-state index is 13.3. The van der Waals surface area contributed by atoms with E-state index in [9.17, 15) is 61.0 Å². The van der Waals surface area contributed by atoms with Crippen LogP contribution in [0.15, 0.2) is 36.5 Å². The van der Waals surface area contributed by atoms with Gasteiger partial charge in [-0.1, -0.05) is 179 Å². The van der Waals surface area contributed by atoms with Crippen molar-refractivity contribution in [3.63, 3.8) is 0 Å². The number of carbonyl (C=O) groups excluding carboxylic acids is 1. The molecule has 3 saturated heterocycles. The molecule has 0 aliphatic carbocycles. The number of aliphatic hydroxyl groups is 11. The minimum absolute atomic E-state index is 0.235. The lowest BCUT2D eigenvalue weighted by Gasteiger charge is -2.48. The summed E-state index contributed by atoms with van der Waals surface area (Å²) in [6.45, 7) is 1.66. The van der Waals surface area contributed by atoms with Gasteiger partial charge >= 0.3 is 0 Å². The summed E-state index contributed by atoms with van der Waals surface area (Å²) in [5.74, 6) is -0.289. The molecule has 0 aromatic carbocycles. The molecule has 3 aliphatic heterocycles. The fourth-order valence-corrected chi connectivity index (χ4v) is 9.99. The van der Waals surface area contributed by atoms with Gasteiger partial charge < -0.3 is 89.9 Å². The van der Waals surface area contributed by atoms with E-state index < -0.39 is 124 Å². The molecular formula is C58H105NO18. The first-order valence-electron chi connectivity index (χ1n) is 29.7. The van der Waals surface area contributed by atoms with Crippen LogP contribution in [0, 0.1) is 0 Å². The van der Waals surface area contributed by atoms with E-state index in [-0.39, 0.29) is 18.9 Å². The van der Waals surface area contributed by atoms with Crippen molar-refractivity contribution in [3.05, 3.63) is 36.5 Å². The minimum atomic E-state index is -1.98. The Bertz CT molecular complexity index is 1550. The number of ether oxygens (including phenoxy) is 6. The molecule has 450 valence electrons. The SMILES string of the molecule is CCCCC/C=C/CC/C=C/CC/C=C/C(O)C(COC1OC(CO)C(OC2OC(CO)C(OC3OC(CO)C(O)C(O)C3O)C(O)C2O)C(O)C1O)NC(=O)CCCCCCCCCCCCCCCCCCCCC. The second kappa shape index (κ2) is 41.9. The van der Waals surface area contributed by atoms with Crippen LogP contribution in [0.25, 0.3) is 0 Å². The van der Waals surface area contributed by atoms with Crippen LogP contribution in [0.2, 0.25) is 0 Å². The first-order valence-corrected chi connectivity index (χ1v) is 29.7. The maximum absolute atomic E-state index is 13.3. The third-order valence-electron chi connectivity index (χ3n) is 14.9. The Kier molecular flexibility index (Phi) is 37.7. The van der Waals surface area contributed by atoms with E-state index in [0.717, 1.165) is 44.9 Å². The summed E-state index contributed by atoms with van der Waals surface area (Å²) < 4.78 is 34.2. The van der Waals surface area contributed by atoms with Gasteiger partial charge in [-0.2, -0.15) is 0 Å². The van der Waals surface area contributed by atoms with E-state index >= 15 is 0 Å². The summed E-state index contributed by atoms with van der Waals surface area (Å²) in [6, 6.07) is -0.992. The van der Waals surface area contributed by atoms with Crippen LogP contribution in [-0.2, 0) is 33.2 Å². The topological polar surface area (TPSA) is 307 Å². The average molecular weight is 1100 g/mol. The number of hydrogen-bond donors (Lipinski definition) is 12. The quantitative estimate of drug-likeness (QED) is 0.0285. The Morgan fingerprint density at radius 3 is 1.30 bits per heavy atom. The molecule has 12 N–H and O–H groups in total. The molecule has 3 heterocycles. The minimum Gasteiger partial charge on any atom is -0.394 e. The van der Waals surface area contributed by atoms with E-state index in [0.29, 0.717) is 12.8 Å². The standard InChI is InChI=1S/C58H105NO18/c1-3-5-7-9-11-13-15-17-18-19-20-21-22-24-26-28-30-32-34-36-46(64)59-41(42(63)35-33-31-29-27-25-23-16-14-12-10-8-6-4-2)40-72-56-52(70)49(67)54(44(38-61)74-56)77-58-53(71)50(68)55(45(39-62)75-58)76-57-51(69)48(66)47(65)43(37-60)73-57/h12,14,25,27,33,35,41-45,47-58,60-63,65-71H,3-11,13,15-24,26,28-32,34,36-40H2,1-2H3,(H,59,64)/b14-12+,27-25+,35-33+. The molecule has 1 amide bonds. The summed E-state index contributed by atoms with van der Waals surface area (Å²) in [5, 5.41) is 120. The summed E-state index contributed by atoms with van der Waals surface area (Å²) >= 11 is 0. The third-order valence-corrected chi connectivity index (χ3v) is 14.9. The summed E-state index contributed by atoms with van der Waals surface area (Å²) in [7, 11) is 0. The molecule has 77 heavy (non-hydrogen) atoms. The van der Waals surface area contributed by atoms with Gasteiger partial charge in [-0.3, -0.25) is 4.79 Å². The molecule has 17 unspecified atom stereocenters. The molecule has 19 nitrogen and oxygen atoms in total. The zero-order valence-corrected chi connectivity index (χ0v) is 46.7. The van der Waals surface area contributed by atoms with Gasteiger partial charge in [-0.25, -0.2) is 0 Å². The van der Waals surface area contributed by atoms with E-state index in [4.69, 9.17) is 28.4 Å². The highest BCUT2D eigenvalue weighted by Gasteiger charge is 2.53. The van der Waals surface area contributed by atoms with Gasteiger partial charge in [0, 0.05) is 6.42 Å². The van der Waals surface area contributed by atoms with Gasteiger partial charge in [0.1, 0.15) is 73.2 Å². The first kappa shape index (κ1) is 69.3. The monoisotopic (exact) mass is 1100 g/mol. The molecule has 19 heteroatoms. The lowest BCUT2D eigenvalue weighted by atomic mass is 9.96. The predicted octanol–water partition coefficient (Wildman–Crippen LogP) is 4.93. The van der Waals surface area contributed by atoms with Crippen molar-refractivity contribution in [2.45, 2.75) is 298 Å². The number of rotatable bonds is 43. The van der Waals surface area contributed by atoms with Crippen molar-refractivity contribution < 1.29 is 89.4 Å². The number of nitrogens with one attached hydrogen (secondary N) is 1. The van der Waals surface area contributed by atoms with Gasteiger partial charge in [0.05, 0.1) is 38.6 Å². The molecule has 17 atom stereocenters. The molecule has 0 saturated carbocycles. The molecule has 0 aromatic rings. The largest absolute Gasteiger partial charge is 0.394 e. The molecule has 0 bridgehead atoms. The number of allylic oxidation sites excluding steroid dienone is 5. The maximum Gasteiger partial charge on any atom is 0.220 e. The van der Waals surface area contributed by atoms with Crippen molar-refractivity contribution in [3.8, 4) is 0 Å². The van der Waals surface area contributed by atoms with Crippen molar-refractivity contribution in [2.75, 3.05) is 26.4 Å². The Hall–Kier alpha value is -1.99. The molecule has 0 radical (unpaired) electrons. The number of unbranched alkanes of at least 4 members (excludes halogenated alkanes) is 23. The molecule has 3 rings (SSSR count). The van der Waals surface area contributed by atoms with Crippen molar-refractivity contribution in [2.24, 2.45) is 0 Å². The second-order valence-electron chi connectivity index (χ2n) is 21.4. The summed E-state index contributed by atoms with van der Waals surface area (Å²) in [4.78, 5) is 13.3. The van der Waals surface area contributed by atoms with Crippen LogP contribution in [0.3, 0.4) is 0 Å². The Balaban J connectivity index is 1.51. The van der Waals surface area contributed by atoms with Gasteiger partial charge in [0.25, 0.3) is 0 Å². The van der Waals surface area contributed by atoms with Gasteiger partial charge in [-0.05, 0) is 44.9 Å². The average Bonchev–Trinajstić information content (AvgIpc) is 3.43. The zero-order chi connectivity index (χ0) is 56.2. The molecule has 3 fully saturated rings. The number of carbonyl (C=O) groups is 1. The first-order chi connectivity index (χ1) is 37.3. The smallest absolute Gasteiger partial charge is 0.220 e. The Morgan fingerprint density at radius 2 is 0.831 bits per heavy atom. The van der Waals surface area contributed by atoms with Gasteiger partial charge in [0.15, 0.2) is 18.9 Å². The highest BCUT2D eigenvalue weighted by molar-refractivity contribution is 5.76. The van der Waals surface area contributed by atoms with E-state index in [1.54, 1.807) is 6.08 Å². The second-order valence-corrected chi connectivity index (χ2v) is 21.4. The third kappa shape index (κ3) is 26.2. The number of hydrogen-bond acceptors (Lipinski definition) is 18. The van der Waals surface area contributed by atoms with E-state index in [1.165, 1.54) is 116 Å². The van der Waals surface area contributed by atoms with Crippen molar-refractivity contribution >= 4 is 5.91 Å². The molecule has 0 aromatic heterocycles. The highest BCUT2D eigenvalue weighted by Crippen LogP contribution is 2.33. The van der Waals surface area contributed by atoms with Crippen LogP contribution < -0.4 is 5.32 Å². The van der Waals surface area contributed by atoms with Crippen LogP contribution in [-0.4, -0.2) is 193 Å². The summed E-state index contributed by atoms with van der Waals surface area (Å²) in [6.07, 6.45) is 17.1. The fraction of sp³-hybridized carbons (Fsp3) is 0.879. The zero-order valence-electron chi connectivity index (χ0n) is 46.7. The fourth-order valence-electron chi connectivity index (χ4n) is 9.99. The highest BCUT2D eigenvalue weighted by atomic mass is 16.8. The van der Waals surface area contributed by atoms with Gasteiger partial charge in [0.2, 0.25) is 5.91 Å². The van der Waals surface area contributed by atoms with E-state index in [2.05, 4.69) is 43.5 Å². The lowest BCUT2D eigenvalue weighted by Crippen LogP contribution is -2.66. The molecule has 3 aliphatic rings. The number of aliphatic hydroxyl groups excluding tert-OH is 11. The Morgan fingerprint density at radius 1 is 0.455 bits per heavy atom. The summed E-state index contributed by atoms with van der Waals surface area (Å²) in [5.41, 5.74) is 0. The van der Waals surface area contributed by atoms with Crippen LogP contribution in [0.4, 0.5) is 0 Å². The Labute approximate surface area is 460 Å². The van der Waals surface area contributed by atoms with E-state index in [1.807, 2.05) is 6.08 Å². The molecule has 0 spiro atoms. The molecular weight excluding hydrogens is 999 g/mol. The number of amides is 1.